The van der Waals surface area contributed by atoms with Crippen LogP contribution in [0.1, 0.15) is 40.0 Å². The van der Waals surface area contributed by atoms with Gasteiger partial charge in [-0.05, 0) is 39.2 Å². The van der Waals surface area contributed by atoms with E-state index in [2.05, 4.69) is 5.32 Å². The first-order valence-electron chi connectivity index (χ1n) is 6.31. The number of allylic oxidation sites excluding steroid dienone is 2. The summed E-state index contributed by atoms with van der Waals surface area (Å²) < 4.78 is 5.14. The number of alkyl carbamates (subject to hydrolysis) is 1. The second-order valence-electron chi connectivity index (χ2n) is 5.51. The number of carbonyl (C=O) groups is 2. The maximum atomic E-state index is 11.5. The lowest BCUT2D eigenvalue weighted by Gasteiger charge is -2.21. The number of nitrogens with one attached hydrogen (secondary N) is 1. The Labute approximate surface area is 113 Å². The lowest BCUT2D eigenvalue weighted by Crippen LogP contribution is -2.33. The van der Waals surface area contributed by atoms with Crippen molar-refractivity contribution in [3.63, 3.8) is 0 Å². The summed E-state index contributed by atoms with van der Waals surface area (Å²) >= 11 is 0. The molecule has 1 aliphatic carbocycles. The Morgan fingerprint density at radius 3 is 2.37 bits per heavy atom. The molecule has 5 nitrogen and oxygen atoms in total. The highest BCUT2D eigenvalue weighted by Gasteiger charge is 2.17. The van der Waals surface area contributed by atoms with Gasteiger partial charge < -0.3 is 15.2 Å². The summed E-state index contributed by atoms with van der Waals surface area (Å²) in [6.45, 7) is 5.73. The minimum atomic E-state index is -0.847. The Morgan fingerprint density at radius 2 is 1.84 bits per heavy atom. The van der Waals surface area contributed by atoms with E-state index in [1.54, 1.807) is 20.8 Å². The van der Waals surface area contributed by atoms with Gasteiger partial charge in [-0.15, -0.1) is 0 Å². The Kier molecular flexibility index (Phi) is 5.15. The van der Waals surface area contributed by atoms with Crippen LogP contribution in [0.2, 0.25) is 0 Å². The minimum Gasteiger partial charge on any atom is -0.481 e. The van der Waals surface area contributed by atoms with Crippen LogP contribution in [-0.2, 0) is 9.53 Å². The summed E-state index contributed by atoms with van der Waals surface area (Å²) in [4.78, 5) is 22.3. The van der Waals surface area contributed by atoms with Crippen molar-refractivity contribution in [2.24, 2.45) is 0 Å². The van der Waals surface area contributed by atoms with Crippen molar-refractivity contribution in [3.8, 4) is 0 Å². The molecule has 0 atom stereocenters. The Balaban J connectivity index is 2.56. The molecule has 0 aromatic carbocycles. The van der Waals surface area contributed by atoms with Crippen LogP contribution in [0.5, 0.6) is 0 Å². The van der Waals surface area contributed by atoms with Crippen molar-refractivity contribution < 1.29 is 19.4 Å². The van der Waals surface area contributed by atoms with Crippen molar-refractivity contribution in [1.82, 2.24) is 5.32 Å². The fourth-order valence-corrected chi connectivity index (χ4v) is 1.81. The molecule has 0 heterocycles. The predicted molar refractivity (Wildman–Crippen MR) is 71.9 cm³/mol. The Morgan fingerprint density at radius 1 is 1.26 bits per heavy atom. The zero-order valence-electron chi connectivity index (χ0n) is 11.7. The molecule has 19 heavy (non-hydrogen) atoms. The van der Waals surface area contributed by atoms with Gasteiger partial charge in [0.1, 0.15) is 5.60 Å². The molecule has 0 saturated heterocycles. The van der Waals surface area contributed by atoms with E-state index in [1.165, 1.54) is 0 Å². The second-order valence-corrected chi connectivity index (χ2v) is 5.51. The average Bonchev–Trinajstić information content (AvgIpc) is 2.24. The molecule has 0 fully saturated rings. The maximum absolute atomic E-state index is 11.5. The first kappa shape index (κ1) is 15.3. The van der Waals surface area contributed by atoms with Crippen LogP contribution < -0.4 is 5.32 Å². The largest absolute Gasteiger partial charge is 0.481 e. The van der Waals surface area contributed by atoms with Crippen LogP contribution in [0, 0.1) is 0 Å². The summed E-state index contributed by atoms with van der Waals surface area (Å²) in [6.07, 6.45) is 4.79. The molecule has 106 valence electrons. The maximum Gasteiger partial charge on any atom is 0.407 e. The highest BCUT2D eigenvalue weighted by Crippen LogP contribution is 2.22. The number of aliphatic carboxylic acids is 1. The third-order valence-electron chi connectivity index (χ3n) is 2.60. The zero-order chi connectivity index (χ0) is 14.5. The number of amides is 1. The predicted octanol–water partition coefficient (Wildman–Crippen LogP) is 2.63. The molecule has 1 aliphatic rings. The number of rotatable bonds is 4. The van der Waals surface area contributed by atoms with E-state index in [9.17, 15) is 9.59 Å². The van der Waals surface area contributed by atoms with Crippen LogP contribution in [0.15, 0.2) is 23.3 Å². The smallest absolute Gasteiger partial charge is 0.407 e. The lowest BCUT2D eigenvalue weighted by atomic mass is 9.94. The Hall–Kier alpha value is -1.78. The van der Waals surface area contributed by atoms with E-state index in [1.807, 2.05) is 12.2 Å². The second kappa shape index (κ2) is 6.41. The zero-order valence-corrected chi connectivity index (χ0v) is 11.7. The third kappa shape index (κ3) is 6.08. The fraction of sp³-hybridized carbons (Fsp3) is 0.571. The van der Waals surface area contributed by atoms with Gasteiger partial charge in [0.25, 0.3) is 0 Å². The fourth-order valence-electron chi connectivity index (χ4n) is 1.81. The molecule has 0 aromatic rings. The third-order valence-corrected chi connectivity index (χ3v) is 2.60. The van der Waals surface area contributed by atoms with E-state index >= 15 is 0 Å². The molecule has 0 radical (unpaired) electrons. The van der Waals surface area contributed by atoms with Gasteiger partial charge in [-0.3, -0.25) is 4.79 Å². The molecule has 0 spiro atoms. The van der Waals surface area contributed by atoms with E-state index < -0.39 is 17.7 Å². The van der Waals surface area contributed by atoms with Crippen molar-refractivity contribution in [2.45, 2.75) is 45.6 Å². The van der Waals surface area contributed by atoms with Gasteiger partial charge in [-0.25, -0.2) is 4.79 Å². The van der Waals surface area contributed by atoms with Crippen LogP contribution in [0.25, 0.3) is 0 Å². The van der Waals surface area contributed by atoms with Crippen LogP contribution >= 0.6 is 0 Å². The average molecular weight is 267 g/mol. The molecule has 1 amide bonds. The number of hydrogen-bond acceptors (Lipinski definition) is 3. The number of carboxylic acid groups (broad SMARTS) is 1. The molecule has 0 unspecified atom stereocenters. The van der Waals surface area contributed by atoms with Crippen LogP contribution in [0.4, 0.5) is 4.79 Å². The van der Waals surface area contributed by atoms with Crippen molar-refractivity contribution in [1.29, 1.82) is 0 Å². The van der Waals surface area contributed by atoms with E-state index in [0.29, 0.717) is 19.4 Å². The monoisotopic (exact) mass is 267 g/mol. The molecular formula is C14H21NO4. The summed E-state index contributed by atoms with van der Waals surface area (Å²) in [6, 6.07) is 0. The van der Waals surface area contributed by atoms with E-state index in [4.69, 9.17) is 9.84 Å². The highest BCUT2D eigenvalue weighted by molar-refractivity contribution is 5.71. The van der Waals surface area contributed by atoms with Gasteiger partial charge in [0.15, 0.2) is 0 Å². The van der Waals surface area contributed by atoms with Crippen LogP contribution in [-0.4, -0.2) is 29.3 Å². The molecule has 0 bridgehead atoms. The van der Waals surface area contributed by atoms with Gasteiger partial charge in [-0.1, -0.05) is 17.7 Å². The number of carbonyl (C=O) groups excluding carboxylic acids is 1. The topological polar surface area (TPSA) is 75.6 Å². The van der Waals surface area contributed by atoms with Gasteiger partial charge in [0, 0.05) is 6.54 Å². The Bertz CT molecular complexity index is 416. The molecule has 0 aromatic heterocycles. The quantitative estimate of drug-likeness (QED) is 0.768. The van der Waals surface area contributed by atoms with Gasteiger partial charge in [0.05, 0.1) is 6.42 Å². The SMILES string of the molecule is CC(C)(C)OC(=O)NCC1=C(CC(=O)O)CC=CC1. The van der Waals surface area contributed by atoms with Gasteiger partial charge >= 0.3 is 12.1 Å². The number of ether oxygens (including phenoxy) is 1. The summed E-state index contributed by atoms with van der Waals surface area (Å²) in [7, 11) is 0. The lowest BCUT2D eigenvalue weighted by molar-refractivity contribution is -0.136. The normalized spacial score (nSPS) is 15.3. The van der Waals surface area contributed by atoms with Crippen molar-refractivity contribution in [2.75, 3.05) is 6.54 Å². The minimum absolute atomic E-state index is 0.0235. The summed E-state index contributed by atoms with van der Waals surface area (Å²) in [5.41, 5.74) is 1.29. The van der Waals surface area contributed by atoms with Crippen molar-refractivity contribution in [3.05, 3.63) is 23.3 Å². The summed E-state index contributed by atoms with van der Waals surface area (Å²) in [5.74, 6) is -0.847. The number of carboxylic acids is 1. The first-order valence-corrected chi connectivity index (χ1v) is 6.31. The molecular weight excluding hydrogens is 246 g/mol. The van der Waals surface area contributed by atoms with Crippen molar-refractivity contribution >= 4 is 12.1 Å². The number of hydrogen-bond donors (Lipinski definition) is 2. The van der Waals surface area contributed by atoms with Gasteiger partial charge in [-0.2, -0.15) is 0 Å². The standard InChI is InChI=1S/C14H21NO4/c1-14(2,3)19-13(18)15-9-11-7-5-4-6-10(11)8-12(16)17/h4-5H,6-9H2,1-3H3,(H,15,18)(H,16,17). The molecule has 5 heteroatoms. The van der Waals surface area contributed by atoms with Gasteiger partial charge in [0.2, 0.25) is 0 Å². The highest BCUT2D eigenvalue weighted by atomic mass is 16.6. The molecule has 2 N–H and O–H groups in total. The van der Waals surface area contributed by atoms with E-state index in [-0.39, 0.29) is 6.42 Å². The van der Waals surface area contributed by atoms with E-state index in [0.717, 1.165) is 11.1 Å². The molecule has 0 saturated carbocycles. The summed E-state index contributed by atoms with van der Waals surface area (Å²) in [5, 5.41) is 11.5. The van der Waals surface area contributed by atoms with Crippen LogP contribution in [0.3, 0.4) is 0 Å². The molecule has 0 aliphatic heterocycles. The first-order chi connectivity index (χ1) is 8.78. The molecule has 1 rings (SSSR count).